The van der Waals surface area contributed by atoms with Crippen LogP contribution in [0.2, 0.25) is 0 Å². The number of nitrogens with zero attached hydrogens (tertiary/aromatic N) is 2. The molecule has 160 valence electrons. The van der Waals surface area contributed by atoms with Gasteiger partial charge in [0, 0.05) is 16.6 Å². The van der Waals surface area contributed by atoms with Gasteiger partial charge in [0.15, 0.2) is 5.16 Å². The second-order valence-corrected chi connectivity index (χ2v) is 10.7. The third-order valence-corrected chi connectivity index (χ3v) is 7.46. The fourth-order valence-electron chi connectivity index (χ4n) is 3.64. The van der Waals surface area contributed by atoms with Gasteiger partial charge in [0.1, 0.15) is 4.83 Å². The van der Waals surface area contributed by atoms with Gasteiger partial charge in [0.2, 0.25) is 5.91 Å². The molecule has 1 atom stereocenters. The summed E-state index contributed by atoms with van der Waals surface area (Å²) < 4.78 is 1.71. The number of hydrogen-bond donors (Lipinski definition) is 1. The van der Waals surface area contributed by atoms with Crippen LogP contribution in [0.4, 0.5) is 5.69 Å². The SMILES string of the molecule is Cc1cc(C)c(NC(=O)C(C)Sc2nc3sc(C)c(C)c3c(=O)n2C(C)C)c(C)c1. The van der Waals surface area contributed by atoms with Crippen molar-refractivity contribution in [3.63, 3.8) is 0 Å². The van der Waals surface area contributed by atoms with Crippen molar-refractivity contribution in [2.24, 2.45) is 0 Å². The molecule has 7 heteroatoms. The molecular formula is C23H29N3O2S2. The number of thiophene rings is 1. The number of fused-ring (bicyclic) bond motifs is 1. The van der Waals surface area contributed by atoms with Gasteiger partial charge >= 0.3 is 0 Å². The summed E-state index contributed by atoms with van der Waals surface area (Å²) in [5.74, 6) is -0.0988. The van der Waals surface area contributed by atoms with Gasteiger partial charge in [0.05, 0.1) is 10.6 Å². The molecule has 0 bridgehead atoms. The molecule has 0 aliphatic heterocycles. The van der Waals surface area contributed by atoms with Gasteiger partial charge in [-0.15, -0.1) is 11.3 Å². The number of hydrogen-bond acceptors (Lipinski definition) is 5. The molecule has 0 radical (unpaired) electrons. The average Bonchev–Trinajstić information content (AvgIpc) is 2.91. The zero-order valence-electron chi connectivity index (χ0n) is 18.8. The summed E-state index contributed by atoms with van der Waals surface area (Å²) in [7, 11) is 0. The fraction of sp³-hybridized carbons (Fsp3) is 0.435. The van der Waals surface area contributed by atoms with E-state index in [0.717, 1.165) is 32.1 Å². The molecule has 1 aromatic carbocycles. The van der Waals surface area contributed by atoms with Gasteiger partial charge in [-0.1, -0.05) is 29.5 Å². The third kappa shape index (κ3) is 4.18. The van der Waals surface area contributed by atoms with Gasteiger partial charge in [-0.3, -0.25) is 14.2 Å². The highest BCUT2D eigenvalue weighted by molar-refractivity contribution is 8.00. The number of nitrogens with one attached hydrogen (secondary N) is 1. The molecular weight excluding hydrogens is 414 g/mol. The topological polar surface area (TPSA) is 64.0 Å². The predicted octanol–water partition coefficient (Wildman–Crippen LogP) is 5.70. The first kappa shape index (κ1) is 22.6. The summed E-state index contributed by atoms with van der Waals surface area (Å²) in [6.45, 7) is 15.8. The Labute approximate surface area is 185 Å². The number of thioether (sulfide) groups is 1. The number of carbonyl (C=O) groups is 1. The van der Waals surface area contributed by atoms with Gasteiger partial charge in [-0.25, -0.2) is 4.98 Å². The molecule has 0 saturated heterocycles. The molecule has 3 rings (SSSR count). The van der Waals surface area contributed by atoms with Crippen LogP contribution in [0.1, 0.15) is 53.9 Å². The Kier molecular flexibility index (Phi) is 6.43. The van der Waals surface area contributed by atoms with Crippen LogP contribution in [-0.2, 0) is 4.79 Å². The Bertz CT molecular complexity index is 1170. The zero-order chi connectivity index (χ0) is 22.3. The zero-order valence-corrected chi connectivity index (χ0v) is 20.5. The van der Waals surface area contributed by atoms with E-state index in [-0.39, 0.29) is 17.5 Å². The van der Waals surface area contributed by atoms with Crippen molar-refractivity contribution in [3.8, 4) is 0 Å². The Morgan fingerprint density at radius 2 is 1.70 bits per heavy atom. The summed E-state index contributed by atoms with van der Waals surface area (Å²) in [6, 6.07) is 4.08. The lowest BCUT2D eigenvalue weighted by Gasteiger charge is -2.19. The van der Waals surface area contributed by atoms with Crippen molar-refractivity contribution >= 4 is 44.9 Å². The first-order valence-electron chi connectivity index (χ1n) is 10.1. The molecule has 3 aromatic rings. The first-order valence-corrected chi connectivity index (χ1v) is 11.8. The minimum atomic E-state index is -0.401. The van der Waals surface area contributed by atoms with Crippen LogP contribution < -0.4 is 10.9 Å². The number of aromatic nitrogens is 2. The lowest BCUT2D eigenvalue weighted by molar-refractivity contribution is -0.115. The van der Waals surface area contributed by atoms with E-state index in [4.69, 9.17) is 4.98 Å². The van der Waals surface area contributed by atoms with Gasteiger partial charge < -0.3 is 5.32 Å². The van der Waals surface area contributed by atoms with Crippen molar-refractivity contribution in [1.82, 2.24) is 9.55 Å². The molecule has 1 amide bonds. The van der Waals surface area contributed by atoms with Crippen molar-refractivity contribution in [2.45, 2.75) is 71.8 Å². The minimum Gasteiger partial charge on any atom is -0.325 e. The van der Waals surface area contributed by atoms with Gasteiger partial charge in [0.25, 0.3) is 5.56 Å². The highest BCUT2D eigenvalue weighted by Crippen LogP contribution is 2.31. The lowest BCUT2D eigenvalue weighted by atomic mass is 10.1. The molecule has 0 aliphatic rings. The second-order valence-electron chi connectivity index (χ2n) is 8.15. The number of rotatable bonds is 5. The third-order valence-electron chi connectivity index (χ3n) is 5.30. The van der Waals surface area contributed by atoms with Crippen LogP contribution in [0, 0.1) is 34.6 Å². The first-order chi connectivity index (χ1) is 14.0. The van der Waals surface area contributed by atoms with E-state index >= 15 is 0 Å². The van der Waals surface area contributed by atoms with E-state index in [1.54, 1.807) is 4.57 Å². The molecule has 1 N–H and O–H groups in total. The van der Waals surface area contributed by atoms with Gasteiger partial charge in [-0.2, -0.15) is 0 Å². The van der Waals surface area contributed by atoms with Crippen LogP contribution in [0.3, 0.4) is 0 Å². The number of amides is 1. The Morgan fingerprint density at radius 3 is 2.27 bits per heavy atom. The van der Waals surface area contributed by atoms with Crippen molar-refractivity contribution in [2.75, 3.05) is 5.32 Å². The van der Waals surface area contributed by atoms with E-state index in [1.165, 1.54) is 28.7 Å². The molecule has 2 aromatic heterocycles. The van der Waals surface area contributed by atoms with Crippen molar-refractivity contribution in [1.29, 1.82) is 0 Å². The predicted molar refractivity (Wildman–Crippen MR) is 128 cm³/mol. The maximum Gasteiger partial charge on any atom is 0.263 e. The lowest BCUT2D eigenvalue weighted by Crippen LogP contribution is -2.28. The molecule has 0 aliphatic carbocycles. The smallest absolute Gasteiger partial charge is 0.263 e. The van der Waals surface area contributed by atoms with Crippen LogP contribution in [0.15, 0.2) is 22.1 Å². The molecule has 30 heavy (non-hydrogen) atoms. The van der Waals surface area contributed by atoms with E-state index in [1.807, 2.05) is 55.4 Å². The minimum absolute atomic E-state index is 0.0304. The average molecular weight is 444 g/mol. The summed E-state index contributed by atoms with van der Waals surface area (Å²) in [5, 5.41) is 3.95. The van der Waals surface area contributed by atoms with E-state index in [0.29, 0.717) is 10.5 Å². The second kappa shape index (κ2) is 8.55. The molecule has 1 unspecified atom stereocenters. The van der Waals surface area contributed by atoms with Crippen molar-refractivity contribution in [3.05, 3.63) is 49.6 Å². The maximum atomic E-state index is 13.2. The van der Waals surface area contributed by atoms with Crippen molar-refractivity contribution < 1.29 is 4.79 Å². The maximum absolute atomic E-state index is 13.2. The van der Waals surface area contributed by atoms with E-state index < -0.39 is 5.25 Å². The molecule has 5 nitrogen and oxygen atoms in total. The quantitative estimate of drug-likeness (QED) is 0.406. The molecule has 2 heterocycles. The summed E-state index contributed by atoms with van der Waals surface area (Å²) in [4.78, 5) is 32.8. The number of aryl methyl sites for hydroxylation is 5. The van der Waals surface area contributed by atoms with Gasteiger partial charge in [-0.05, 0) is 72.1 Å². The van der Waals surface area contributed by atoms with E-state index in [2.05, 4.69) is 17.4 Å². The number of anilines is 1. The van der Waals surface area contributed by atoms with Crippen LogP contribution in [0.25, 0.3) is 10.2 Å². The highest BCUT2D eigenvalue weighted by Gasteiger charge is 2.23. The Morgan fingerprint density at radius 1 is 1.10 bits per heavy atom. The largest absolute Gasteiger partial charge is 0.325 e. The number of carbonyl (C=O) groups excluding carboxylic acids is 1. The van der Waals surface area contributed by atoms with E-state index in [9.17, 15) is 9.59 Å². The Hall–Kier alpha value is -2.12. The fourth-order valence-corrected chi connectivity index (χ4v) is 5.75. The standard InChI is InChI=1S/C23H29N3O2S2/c1-11(2)26-22(28)18-15(6)16(7)29-21(18)25-23(26)30-17(8)20(27)24-19-13(4)9-12(3)10-14(19)5/h9-11,17H,1-8H3,(H,24,27). The molecule has 0 spiro atoms. The summed E-state index contributed by atoms with van der Waals surface area (Å²) in [5.41, 5.74) is 5.08. The van der Waals surface area contributed by atoms with Crippen LogP contribution >= 0.6 is 23.1 Å². The summed E-state index contributed by atoms with van der Waals surface area (Å²) >= 11 is 2.86. The molecule has 0 saturated carbocycles. The molecule has 0 fully saturated rings. The van der Waals surface area contributed by atoms with Crippen LogP contribution in [-0.4, -0.2) is 20.7 Å². The van der Waals surface area contributed by atoms with Crippen LogP contribution in [0.5, 0.6) is 0 Å². The Balaban J connectivity index is 1.94. The summed E-state index contributed by atoms with van der Waals surface area (Å²) in [6.07, 6.45) is 0. The normalized spacial score (nSPS) is 12.6. The monoisotopic (exact) mass is 443 g/mol. The number of benzene rings is 1. The highest BCUT2D eigenvalue weighted by atomic mass is 32.2.